The van der Waals surface area contributed by atoms with Crippen molar-refractivity contribution in [3.05, 3.63) is 0 Å². The summed E-state index contributed by atoms with van der Waals surface area (Å²) in [7, 11) is 0. The molecular weight excluding hydrogens is 98.9 g/mol. The van der Waals surface area contributed by atoms with Crippen molar-refractivity contribution < 1.29 is 18.4 Å². The molecule has 0 saturated carbocycles. The van der Waals surface area contributed by atoms with Crippen LogP contribution in [0.4, 0.5) is 0 Å². The quantitative estimate of drug-likeness (QED) is 0.335. The Morgan fingerprint density at radius 2 is 1.40 bits per heavy atom. The van der Waals surface area contributed by atoms with Crippen LogP contribution in [0.1, 0.15) is 2.85 Å². The van der Waals surface area contributed by atoms with E-state index < -0.39 is 0 Å². The molecule has 0 spiro atoms. The minimum absolute atomic E-state index is 0. The molecule has 0 bridgehead atoms. The number of hydrogen-bond donors (Lipinski definition) is 2. The molecule has 29 valence electrons. The van der Waals surface area contributed by atoms with Crippen molar-refractivity contribution in [2.24, 2.45) is 0 Å². The van der Waals surface area contributed by atoms with Crippen LogP contribution in [0.25, 0.3) is 0 Å². The van der Waals surface area contributed by atoms with Gasteiger partial charge in [-0.15, -0.1) is 0 Å². The van der Waals surface area contributed by atoms with Crippen molar-refractivity contribution in [2.75, 3.05) is 0 Å². The molecular formula is H6BCaO3. The Bertz CT molecular complexity index is 12.9. The molecule has 0 unspecified atom stereocenters. The second kappa shape index (κ2) is 18.9. The summed E-state index contributed by atoms with van der Waals surface area (Å²) >= 11 is 0. The summed E-state index contributed by atoms with van der Waals surface area (Å²) in [5.74, 6) is 0. The molecule has 0 saturated heterocycles. The van der Waals surface area contributed by atoms with E-state index in [0.29, 0.717) is 0 Å². The van der Waals surface area contributed by atoms with Gasteiger partial charge in [0.15, 0.2) is 0 Å². The fraction of sp³-hybridized carbons (Fsp3) is 0. The van der Waals surface area contributed by atoms with Gasteiger partial charge in [-0.1, -0.05) is 0 Å². The van der Waals surface area contributed by atoms with Gasteiger partial charge in [-0.3, -0.25) is 0 Å². The molecule has 0 aliphatic heterocycles. The van der Waals surface area contributed by atoms with E-state index in [1.807, 2.05) is 0 Å². The third kappa shape index (κ3) is 36.8. The smallest absolute Gasteiger partial charge is 1.00 e. The van der Waals surface area contributed by atoms with Crippen LogP contribution >= 0.6 is 0 Å². The van der Waals surface area contributed by atoms with Gasteiger partial charge in [0.1, 0.15) is 0 Å². The predicted molar refractivity (Wildman–Crippen MR) is 21.8 cm³/mol. The zero-order valence-corrected chi connectivity index (χ0v) is 4.89. The second-order valence-corrected chi connectivity index (χ2v) is 0.115. The van der Waals surface area contributed by atoms with Gasteiger partial charge < -0.3 is 18.4 Å². The average molecular weight is 105 g/mol. The van der Waals surface area contributed by atoms with Crippen molar-refractivity contribution in [3.8, 4) is 0 Å². The van der Waals surface area contributed by atoms with E-state index in [-0.39, 0.29) is 53.8 Å². The zero-order chi connectivity index (χ0) is 2.71. The van der Waals surface area contributed by atoms with Crippen molar-refractivity contribution in [3.63, 3.8) is 0 Å². The number of hydrogen-bond acceptors (Lipinski definition) is 2. The summed E-state index contributed by atoms with van der Waals surface area (Å²) in [6, 6.07) is 0. The van der Waals surface area contributed by atoms with Crippen molar-refractivity contribution >= 4 is 45.4 Å². The van der Waals surface area contributed by atoms with Gasteiger partial charge >= 0.3 is 45.4 Å². The summed E-state index contributed by atoms with van der Waals surface area (Å²) in [6.07, 6.45) is 0. The van der Waals surface area contributed by atoms with Crippen LogP contribution in [0.15, 0.2) is 0 Å². The van der Waals surface area contributed by atoms with E-state index in [4.69, 9.17) is 10.0 Å². The summed E-state index contributed by atoms with van der Waals surface area (Å²) < 4.78 is 0. The molecule has 5 heavy (non-hydrogen) atoms. The Morgan fingerprint density at radius 1 is 1.40 bits per heavy atom. The Balaban J connectivity index is -0.00000000333. The average Bonchev–Trinajstić information content (AvgIpc) is 0.918. The maximum absolute atomic E-state index is 7.00. The van der Waals surface area contributed by atoms with E-state index in [1.54, 1.807) is 0 Å². The fourth-order valence-electron chi connectivity index (χ4n) is 0. The van der Waals surface area contributed by atoms with Crippen LogP contribution in [0.2, 0.25) is 0 Å². The largest absolute Gasteiger partial charge is 2.00 e. The molecule has 0 fully saturated rings. The van der Waals surface area contributed by atoms with Crippen LogP contribution in [0, 0.1) is 0 Å². The maximum Gasteiger partial charge on any atom is 2.00 e. The van der Waals surface area contributed by atoms with Gasteiger partial charge in [-0.25, -0.2) is 0 Å². The Kier molecular flexibility index (Phi) is 62.0. The van der Waals surface area contributed by atoms with Crippen molar-refractivity contribution in [1.82, 2.24) is 0 Å². The minimum Gasteiger partial charge on any atom is -1.00 e. The third-order valence-corrected chi connectivity index (χ3v) is 0. The first-order chi connectivity index (χ1) is 1.41. The van der Waals surface area contributed by atoms with Crippen molar-refractivity contribution in [2.45, 2.75) is 0 Å². The zero-order valence-electron chi connectivity index (χ0n) is 4.68. The number of rotatable bonds is 0. The van der Waals surface area contributed by atoms with E-state index in [2.05, 4.69) is 0 Å². The molecule has 0 atom stereocenters. The van der Waals surface area contributed by atoms with Gasteiger partial charge in [0.05, 0.1) is 0 Å². The van der Waals surface area contributed by atoms with Crippen LogP contribution in [0.3, 0.4) is 0 Å². The summed E-state index contributed by atoms with van der Waals surface area (Å²) in [4.78, 5) is 0. The molecule has 3 nitrogen and oxygen atoms in total. The molecule has 4 N–H and O–H groups in total. The summed E-state index contributed by atoms with van der Waals surface area (Å²) in [5.41, 5.74) is 0. The standard InChI is InChI=1S/BH2O2.Ca.H2O.2H/c2-1-3;;;;/h2-3H;;1H2;;/q;+2;;2*-1. The van der Waals surface area contributed by atoms with Crippen LogP contribution < -0.4 is 0 Å². The van der Waals surface area contributed by atoms with Crippen LogP contribution in [0.5, 0.6) is 0 Å². The summed E-state index contributed by atoms with van der Waals surface area (Å²) in [6.45, 7) is 0. The third-order valence-electron chi connectivity index (χ3n) is 0. The molecule has 0 rings (SSSR count). The van der Waals surface area contributed by atoms with E-state index >= 15 is 0 Å². The predicted octanol–water partition coefficient (Wildman–Crippen LogP) is -2.48. The first-order valence-electron chi connectivity index (χ1n) is 0.516. The van der Waals surface area contributed by atoms with Gasteiger partial charge in [0.2, 0.25) is 0 Å². The molecule has 0 aromatic rings. The Hall–Kier alpha value is 1.20. The summed E-state index contributed by atoms with van der Waals surface area (Å²) in [5, 5.41) is 14.0. The molecule has 0 aromatic carbocycles. The fourth-order valence-corrected chi connectivity index (χ4v) is 0. The molecule has 0 aromatic heterocycles. The van der Waals surface area contributed by atoms with E-state index in [0.717, 1.165) is 0 Å². The van der Waals surface area contributed by atoms with Gasteiger partial charge in [0.25, 0.3) is 0 Å². The Labute approximate surface area is 63.6 Å². The first-order valence-corrected chi connectivity index (χ1v) is 0.516. The SMILES string of the molecule is O.O[B]O.[Ca+2].[H-].[H-]. The van der Waals surface area contributed by atoms with Gasteiger partial charge in [-0.05, 0) is 0 Å². The van der Waals surface area contributed by atoms with Crippen molar-refractivity contribution in [1.29, 1.82) is 0 Å². The molecule has 0 aliphatic carbocycles. The molecule has 0 aliphatic rings. The minimum atomic E-state index is 0. The molecule has 5 heteroatoms. The topological polar surface area (TPSA) is 72.0 Å². The van der Waals surface area contributed by atoms with E-state index in [9.17, 15) is 0 Å². The molecule has 0 heterocycles. The van der Waals surface area contributed by atoms with Crippen LogP contribution in [-0.4, -0.2) is 60.9 Å². The van der Waals surface area contributed by atoms with Gasteiger partial charge in [0, 0.05) is 0 Å². The normalized spacial score (nSPS) is 2.80. The van der Waals surface area contributed by atoms with Crippen LogP contribution in [-0.2, 0) is 0 Å². The monoisotopic (exact) mass is 105 g/mol. The van der Waals surface area contributed by atoms with E-state index in [1.165, 1.54) is 0 Å². The Morgan fingerprint density at radius 3 is 1.40 bits per heavy atom. The second-order valence-electron chi connectivity index (χ2n) is 0.115. The first kappa shape index (κ1) is 16.4. The van der Waals surface area contributed by atoms with Gasteiger partial charge in [-0.2, -0.15) is 0 Å². The maximum atomic E-state index is 7.00. The molecule has 0 amide bonds. The molecule has 1 radical (unpaired) electrons.